The summed E-state index contributed by atoms with van der Waals surface area (Å²) in [5.41, 5.74) is 0. The van der Waals surface area contributed by atoms with E-state index in [4.69, 9.17) is 17.5 Å². The first-order valence-electron chi connectivity index (χ1n) is 4.36. The van der Waals surface area contributed by atoms with Gasteiger partial charge in [-0.05, 0) is 24.6 Å². The van der Waals surface area contributed by atoms with E-state index in [-0.39, 0.29) is 17.3 Å². The monoisotopic (exact) mass is 249 g/mol. The fraction of sp³-hybridized carbons (Fsp3) is 0.333. The second-order valence-electron chi connectivity index (χ2n) is 3.00. The van der Waals surface area contributed by atoms with Crippen molar-refractivity contribution in [1.29, 1.82) is 0 Å². The molecule has 2 N–H and O–H groups in total. The summed E-state index contributed by atoms with van der Waals surface area (Å²) in [6.45, 7) is 0.222. The molecule has 0 radical (unpaired) electrons. The third-order valence-electron chi connectivity index (χ3n) is 1.83. The van der Waals surface area contributed by atoms with E-state index in [0.29, 0.717) is 11.4 Å². The van der Waals surface area contributed by atoms with E-state index in [1.165, 1.54) is 12.1 Å². The van der Waals surface area contributed by atoms with E-state index in [2.05, 4.69) is 4.84 Å². The van der Waals surface area contributed by atoms with Gasteiger partial charge in [0.05, 0.1) is 17.3 Å². The molecule has 1 aromatic carbocycles. The Morgan fingerprint density at radius 2 is 2.13 bits per heavy atom. The van der Waals surface area contributed by atoms with E-state index in [0.717, 1.165) is 0 Å². The number of nitrogens with two attached hydrogens (primary N) is 1. The first-order valence-corrected chi connectivity index (χ1v) is 6.39. The zero-order chi connectivity index (χ0) is 11.3. The molecule has 1 aromatic rings. The summed E-state index contributed by atoms with van der Waals surface area (Å²) < 4.78 is 23.4. The van der Waals surface area contributed by atoms with Gasteiger partial charge in [0, 0.05) is 5.02 Å². The van der Waals surface area contributed by atoms with E-state index in [1.54, 1.807) is 12.1 Å². The predicted molar refractivity (Wildman–Crippen MR) is 58.3 cm³/mol. The van der Waals surface area contributed by atoms with E-state index in [1.807, 2.05) is 0 Å². The van der Waals surface area contributed by atoms with Crippen molar-refractivity contribution < 1.29 is 13.3 Å². The lowest BCUT2D eigenvalue weighted by Crippen LogP contribution is -2.11. The minimum absolute atomic E-state index is 0.00451. The Morgan fingerprint density at radius 3 is 2.73 bits per heavy atom. The number of hydrogen-bond donors (Lipinski definition) is 1. The Kier molecular flexibility index (Phi) is 4.53. The molecule has 0 amide bonds. The Balaban J connectivity index is 2.77. The first-order chi connectivity index (χ1) is 7.06. The summed E-state index contributed by atoms with van der Waals surface area (Å²) >= 11 is 5.70. The predicted octanol–water partition coefficient (Wildman–Crippen LogP) is 1.39. The van der Waals surface area contributed by atoms with E-state index in [9.17, 15) is 8.42 Å². The van der Waals surface area contributed by atoms with E-state index < -0.39 is 9.84 Å². The van der Waals surface area contributed by atoms with Crippen molar-refractivity contribution in [2.45, 2.75) is 11.3 Å². The molecule has 15 heavy (non-hydrogen) atoms. The third-order valence-corrected chi connectivity index (χ3v) is 3.86. The average molecular weight is 250 g/mol. The van der Waals surface area contributed by atoms with Crippen LogP contribution < -0.4 is 5.90 Å². The molecular formula is C9H12ClNO3S. The Bertz CT molecular complexity index is 419. The van der Waals surface area contributed by atoms with Crippen LogP contribution in [0.15, 0.2) is 29.2 Å². The molecule has 0 bridgehead atoms. The third kappa shape index (κ3) is 3.79. The normalized spacial score (nSPS) is 11.6. The van der Waals surface area contributed by atoms with Gasteiger partial charge in [-0.1, -0.05) is 17.7 Å². The lowest BCUT2D eigenvalue weighted by Gasteiger charge is -2.03. The van der Waals surface area contributed by atoms with Crippen LogP contribution in [0.4, 0.5) is 0 Å². The number of halogens is 1. The van der Waals surface area contributed by atoms with Gasteiger partial charge in [0.25, 0.3) is 0 Å². The van der Waals surface area contributed by atoms with Crippen LogP contribution in [0.5, 0.6) is 0 Å². The standard InChI is InChI=1S/C9H12ClNO3S/c10-8-3-1-4-9(7-8)15(12,13)6-2-5-14-11/h1,3-4,7H,2,5-6,11H2. The van der Waals surface area contributed by atoms with Gasteiger partial charge in [0.1, 0.15) is 0 Å². The van der Waals surface area contributed by atoms with Crippen LogP contribution in [-0.4, -0.2) is 20.8 Å². The SMILES string of the molecule is NOCCCS(=O)(=O)c1cccc(Cl)c1. The van der Waals surface area contributed by atoms with Crippen molar-refractivity contribution in [2.75, 3.05) is 12.4 Å². The van der Waals surface area contributed by atoms with Gasteiger partial charge >= 0.3 is 0 Å². The average Bonchev–Trinajstić information content (AvgIpc) is 2.18. The van der Waals surface area contributed by atoms with Gasteiger partial charge < -0.3 is 4.84 Å². The smallest absolute Gasteiger partial charge is 0.178 e. The molecule has 0 atom stereocenters. The second kappa shape index (κ2) is 5.46. The maximum atomic E-state index is 11.7. The zero-order valence-corrected chi connectivity index (χ0v) is 9.59. The van der Waals surface area contributed by atoms with Crippen LogP contribution in [0, 0.1) is 0 Å². The summed E-state index contributed by atoms with van der Waals surface area (Å²) in [6, 6.07) is 6.18. The molecule has 4 nitrogen and oxygen atoms in total. The van der Waals surface area contributed by atoms with Crippen LogP contribution in [0.2, 0.25) is 5.02 Å². The molecule has 84 valence electrons. The van der Waals surface area contributed by atoms with E-state index >= 15 is 0 Å². The van der Waals surface area contributed by atoms with Crippen molar-refractivity contribution >= 4 is 21.4 Å². The van der Waals surface area contributed by atoms with Crippen LogP contribution in [-0.2, 0) is 14.7 Å². The molecule has 0 aromatic heterocycles. The summed E-state index contributed by atoms with van der Waals surface area (Å²) in [5.74, 6) is 4.81. The van der Waals surface area contributed by atoms with Crippen molar-refractivity contribution in [3.05, 3.63) is 29.3 Å². The summed E-state index contributed by atoms with van der Waals surface area (Å²) in [4.78, 5) is 4.54. The summed E-state index contributed by atoms with van der Waals surface area (Å²) in [7, 11) is -3.28. The summed E-state index contributed by atoms with van der Waals surface area (Å²) in [5, 5.41) is 0.408. The zero-order valence-electron chi connectivity index (χ0n) is 8.02. The highest BCUT2D eigenvalue weighted by atomic mass is 35.5. The van der Waals surface area contributed by atoms with Crippen LogP contribution in [0.3, 0.4) is 0 Å². The van der Waals surface area contributed by atoms with Crippen molar-refractivity contribution in [1.82, 2.24) is 0 Å². The molecule has 0 heterocycles. The van der Waals surface area contributed by atoms with Crippen LogP contribution in [0.25, 0.3) is 0 Å². The molecular weight excluding hydrogens is 238 g/mol. The molecule has 0 aliphatic carbocycles. The minimum atomic E-state index is -3.28. The molecule has 6 heteroatoms. The van der Waals surface area contributed by atoms with Crippen molar-refractivity contribution in [2.24, 2.45) is 5.90 Å². The summed E-state index contributed by atoms with van der Waals surface area (Å²) in [6.07, 6.45) is 0.366. The van der Waals surface area contributed by atoms with Gasteiger partial charge in [-0.25, -0.2) is 14.3 Å². The highest BCUT2D eigenvalue weighted by Crippen LogP contribution is 2.17. The topological polar surface area (TPSA) is 69.4 Å². The highest BCUT2D eigenvalue weighted by Gasteiger charge is 2.13. The number of rotatable bonds is 5. The second-order valence-corrected chi connectivity index (χ2v) is 5.55. The van der Waals surface area contributed by atoms with Crippen molar-refractivity contribution in [3.63, 3.8) is 0 Å². The fourth-order valence-electron chi connectivity index (χ4n) is 1.11. The van der Waals surface area contributed by atoms with Gasteiger partial charge in [0.2, 0.25) is 0 Å². The van der Waals surface area contributed by atoms with Crippen LogP contribution >= 0.6 is 11.6 Å². The number of sulfone groups is 1. The minimum Gasteiger partial charge on any atom is -0.305 e. The molecule has 0 aliphatic rings. The Morgan fingerprint density at radius 1 is 1.40 bits per heavy atom. The fourth-order valence-corrected chi connectivity index (χ4v) is 2.69. The van der Waals surface area contributed by atoms with Gasteiger partial charge in [-0.15, -0.1) is 0 Å². The molecule has 0 fully saturated rings. The van der Waals surface area contributed by atoms with Gasteiger partial charge in [0.15, 0.2) is 9.84 Å². The molecule has 0 saturated heterocycles. The number of hydrogen-bond acceptors (Lipinski definition) is 4. The maximum Gasteiger partial charge on any atom is 0.178 e. The van der Waals surface area contributed by atoms with Crippen LogP contribution in [0.1, 0.15) is 6.42 Å². The molecule has 0 spiro atoms. The molecule has 0 aliphatic heterocycles. The number of benzene rings is 1. The first kappa shape index (κ1) is 12.4. The Labute approximate surface area is 93.9 Å². The maximum absolute atomic E-state index is 11.7. The molecule has 1 rings (SSSR count). The highest BCUT2D eigenvalue weighted by molar-refractivity contribution is 7.91. The van der Waals surface area contributed by atoms with Gasteiger partial charge in [-0.2, -0.15) is 0 Å². The van der Waals surface area contributed by atoms with Gasteiger partial charge in [-0.3, -0.25) is 0 Å². The quantitative estimate of drug-likeness (QED) is 0.633. The lowest BCUT2D eigenvalue weighted by molar-refractivity contribution is 0.139. The molecule has 0 unspecified atom stereocenters. The Hall–Kier alpha value is -0.620. The molecule has 0 saturated carbocycles. The lowest BCUT2D eigenvalue weighted by atomic mass is 10.4. The largest absolute Gasteiger partial charge is 0.305 e. The van der Waals surface area contributed by atoms with Crippen molar-refractivity contribution in [3.8, 4) is 0 Å².